The van der Waals surface area contributed by atoms with Crippen molar-refractivity contribution in [1.82, 2.24) is 9.88 Å². The standard InChI is InChI=1S/C15H23N3/c1-13-6-7-16-15(11-13)18-10-4-5-14(12-18)17-8-2-3-9-17/h6-7,11,14H,2-5,8-10,12H2,1H3/t14-/m1/s1. The van der Waals surface area contributed by atoms with E-state index in [1.165, 1.54) is 56.7 Å². The monoisotopic (exact) mass is 245 g/mol. The molecule has 2 fully saturated rings. The first-order valence-corrected chi connectivity index (χ1v) is 7.24. The van der Waals surface area contributed by atoms with Crippen molar-refractivity contribution in [2.45, 2.75) is 38.6 Å². The van der Waals surface area contributed by atoms with Crippen LogP contribution in [-0.2, 0) is 0 Å². The fourth-order valence-electron chi connectivity index (χ4n) is 3.26. The topological polar surface area (TPSA) is 19.4 Å². The van der Waals surface area contributed by atoms with E-state index in [0.29, 0.717) is 0 Å². The molecule has 0 bridgehead atoms. The molecule has 2 aliphatic heterocycles. The molecule has 18 heavy (non-hydrogen) atoms. The largest absolute Gasteiger partial charge is 0.355 e. The molecule has 1 aromatic rings. The van der Waals surface area contributed by atoms with Gasteiger partial charge in [0, 0.05) is 25.3 Å². The van der Waals surface area contributed by atoms with Crippen LogP contribution in [0.5, 0.6) is 0 Å². The van der Waals surface area contributed by atoms with Crippen LogP contribution in [0.25, 0.3) is 0 Å². The number of nitrogens with zero attached hydrogens (tertiary/aromatic N) is 3. The molecule has 0 amide bonds. The van der Waals surface area contributed by atoms with Crippen LogP contribution < -0.4 is 4.90 Å². The summed E-state index contributed by atoms with van der Waals surface area (Å²) < 4.78 is 0. The predicted molar refractivity (Wildman–Crippen MR) is 75.0 cm³/mol. The summed E-state index contributed by atoms with van der Waals surface area (Å²) in [6, 6.07) is 5.04. The molecule has 3 rings (SSSR count). The summed E-state index contributed by atoms with van der Waals surface area (Å²) in [6.45, 7) is 7.09. The van der Waals surface area contributed by atoms with Gasteiger partial charge in [0.05, 0.1) is 0 Å². The van der Waals surface area contributed by atoms with Gasteiger partial charge in [0.15, 0.2) is 0 Å². The van der Waals surface area contributed by atoms with E-state index in [-0.39, 0.29) is 0 Å². The van der Waals surface area contributed by atoms with Crippen LogP contribution in [0.1, 0.15) is 31.2 Å². The number of aryl methyl sites for hydroxylation is 1. The van der Waals surface area contributed by atoms with Gasteiger partial charge in [-0.25, -0.2) is 4.98 Å². The van der Waals surface area contributed by atoms with Crippen molar-refractivity contribution < 1.29 is 0 Å². The van der Waals surface area contributed by atoms with Gasteiger partial charge in [-0.2, -0.15) is 0 Å². The van der Waals surface area contributed by atoms with Crippen molar-refractivity contribution in [2.75, 3.05) is 31.1 Å². The second-order valence-corrected chi connectivity index (χ2v) is 5.68. The average Bonchev–Trinajstić information content (AvgIpc) is 2.93. The van der Waals surface area contributed by atoms with Crippen LogP contribution in [0.4, 0.5) is 5.82 Å². The minimum atomic E-state index is 0.753. The summed E-state index contributed by atoms with van der Waals surface area (Å²) >= 11 is 0. The Morgan fingerprint density at radius 1 is 1.17 bits per heavy atom. The lowest BCUT2D eigenvalue weighted by atomic mass is 10.0. The first kappa shape index (κ1) is 12.0. The zero-order chi connectivity index (χ0) is 12.4. The smallest absolute Gasteiger partial charge is 0.128 e. The van der Waals surface area contributed by atoms with Gasteiger partial charge in [0.2, 0.25) is 0 Å². The molecule has 0 saturated carbocycles. The molecule has 3 nitrogen and oxygen atoms in total. The Kier molecular flexibility index (Phi) is 3.50. The summed E-state index contributed by atoms with van der Waals surface area (Å²) in [6.07, 6.45) is 7.38. The van der Waals surface area contributed by atoms with E-state index in [4.69, 9.17) is 0 Å². The van der Waals surface area contributed by atoms with Crippen molar-refractivity contribution in [3.63, 3.8) is 0 Å². The van der Waals surface area contributed by atoms with Gasteiger partial charge in [0.1, 0.15) is 5.82 Å². The first-order chi connectivity index (χ1) is 8.83. The van der Waals surface area contributed by atoms with E-state index in [0.717, 1.165) is 12.6 Å². The molecule has 3 heterocycles. The summed E-state index contributed by atoms with van der Waals surface area (Å²) in [5, 5.41) is 0. The number of hydrogen-bond acceptors (Lipinski definition) is 3. The Morgan fingerprint density at radius 3 is 2.78 bits per heavy atom. The van der Waals surface area contributed by atoms with E-state index < -0.39 is 0 Å². The quantitative estimate of drug-likeness (QED) is 0.798. The van der Waals surface area contributed by atoms with Gasteiger partial charge in [-0.1, -0.05) is 0 Å². The molecule has 0 radical (unpaired) electrons. The number of piperidine rings is 1. The number of rotatable bonds is 2. The molecule has 0 aromatic carbocycles. The highest BCUT2D eigenvalue weighted by molar-refractivity contribution is 5.41. The lowest BCUT2D eigenvalue weighted by Gasteiger charge is -2.38. The highest BCUT2D eigenvalue weighted by Crippen LogP contribution is 2.23. The third kappa shape index (κ3) is 2.51. The molecule has 3 heteroatoms. The molecular formula is C15H23N3. The van der Waals surface area contributed by atoms with Crippen molar-refractivity contribution in [3.05, 3.63) is 23.9 Å². The number of likely N-dealkylation sites (tertiary alicyclic amines) is 1. The molecule has 0 spiro atoms. The van der Waals surface area contributed by atoms with Gasteiger partial charge in [-0.3, -0.25) is 4.90 Å². The molecule has 98 valence electrons. The summed E-state index contributed by atoms with van der Waals surface area (Å²) in [7, 11) is 0. The van der Waals surface area contributed by atoms with Crippen molar-refractivity contribution in [1.29, 1.82) is 0 Å². The molecule has 1 aromatic heterocycles. The van der Waals surface area contributed by atoms with Crippen LogP contribution >= 0.6 is 0 Å². The summed E-state index contributed by atoms with van der Waals surface area (Å²) in [5.74, 6) is 1.17. The first-order valence-electron chi connectivity index (χ1n) is 7.24. The van der Waals surface area contributed by atoms with Crippen LogP contribution in [0.3, 0.4) is 0 Å². The molecule has 2 saturated heterocycles. The molecular weight excluding hydrogens is 222 g/mol. The normalized spacial score (nSPS) is 25.6. The van der Waals surface area contributed by atoms with Crippen LogP contribution in [0.15, 0.2) is 18.3 Å². The van der Waals surface area contributed by atoms with Gasteiger partial charge < -0.3 is 4.90 Å². The van der Waals surface area contributed by atoms with E-state index >= 15 is 0 Å². The fourth-order valence-corrected chi connectivity index (χ4v) is 3.26. The number of hydrogen-bond donors (Lipinski definition) is 0. The third-order valence-electron chi connectivity index (χ3n) is 4.28. The zero-order valence-electron chi connectivity index (χ0n) is 11.3. The van der Waals surface area contributed by atoms with Crippen LogP contribution in [0.2, 0.25) is 0 Å². The molecule has 2 aliphatic rings. The Morgan fingerprint density at radius 2 is 2.00 bits per heavy atom. The van der Waals surface area contributed by atoms with Crippen molar-refractivity contribution in [3.8, 4) is 0 Å². The minimum absolute atomic E-state index is 0.753. The van der Waals surface area contributed by atoms with Gasteiger partial charge >= 0.3 is 0 Å². The van der Waals surface area contributed by atoms with E-state index in [1.54, 1.807) is 0 Å². The average molecular weight is 245 g/mol. The summed E-state index contributed by atoms with van der Waals surface area (Å²) in [4.78, 5) is 9.69. The second kappa shape index (κ2) is 5.27. The van der Waals surface area contributed by atoms with E-state index in [9.17, 15) is 0 Å². The molecule has 0 N–H and O–H groups in total. The Hall–Kier alpha value is -1.09. The lowest BCUT2D eigenvalue weighted by Crippen LogP contribution is -2.47. The molecule has 0 aliphatic carbocycles. The van der Waals surface area contributed by atoms with Crippen molar-refractivity contribution in [2.24, 2.45) is 0 Å². The number of aromatic nitrogens is 1. The van der Waals surface area contributed by atoms with Crippen LogP contribution in [0, 0.1) is 6.92 Å². The predicted octanol–water partition coefficient (Wildman–Crippen LogP) is 2.45. The Balaban J connectivity index is 1.69. The van der Waals surface area contributed by atoms with E-state index in [1.807, 2.05) is 6.20 Å². The summed E-state index contributed by atoms with van der Waals surface area (Å²) in [5.41, 5.74) is 1.31. The highest BCUT2D eigenvalue weighted by Gasteiger charge is 2.27. The maximum Gasteiger partial charge on any atom is 0.128 e. The maximum absolute atomic E-state index is 4.53. The lowest BCUT2D eigenvalue weighted by molar-refractivity contribution is 0.215. The second-order valence-electron chi connectivity index (χ2n) is 5.68. The third-order valence-corrected chi connectivity index (χ3v) is 4.28. The zero-order valence-corrected chi connectivity index (χ0v) is 11.3. The number of pyridine rings is 1. The van der Waals surface area contributed by atoms with Crippen molar-refractivity contribution >= 4 is 5.82 Å². The fraction of sp³-hybridized carbons (Fsp3) is 0.667. The maximum atomic E-state index is 4.53. The Bertz CT molecular complexity index is 398. The highest BCUT2D eigenvalue weighted by atomic mass is 15.3. The van der Waals surface area contributed by atoms with Gasteiger partial charge in [0.25, 0.3) is 0 Å². The van der Waals surface area contributed by atoms with Crippen LogP contribution in [-0.4, -0.2) is 42.1 Å². The van der Waals surface area contributed by atoms with Gasteiger partial charge in [-0.05, 0) is 63.4 Å². The van der Waals surface area contributed by atoms with Gasteiger partial charge in [-0.15, -0.1) is 0 Å². The van der Waals surface area contributed by atoms with E-state index in [2.05, 4.69) is 33.8 Å². The SMILES string of the molecule is Cc1ccnc(N2CCC[C@@H](N3CCCC3)C2)c1. The number of anilines is 1. The molecule has 1 atom stereocenters. The Labute approximate surface area is 110 Å². The minimum Gasteiger partial charge on any atom is -0.355 e. The molecule has 0 unspecified atom stereocenters.